The van der Waals surface area contributed by atoms with Gasteiger partial charge in [0.2, 0.25) is 0 Å². The molecule has 0 aliphatic carbocycles. The van der Waals surface area contributed by atoms with Gasteiger partial charge >= 0.3 is 0 Å². The molecule has 0 heterocycles. The molecule has 0 unspecified atom stereocenters. The maximum atomic E-state index is 9.94. The van der Waals surface area contributed by atoms with Gasteiger partial charge in [-0.2, -0.15) is 5.10 Å². The van der Waals surface area contributed by atoms with Gasteiger partial charge in [-0.1, -0.05) is 17.6 Å². The van der Waals surface area contributed by atoms with E-state index in [1.54, 1.807) is 17.6 Å². The van der Waals surface area contributed by atoms with Gasteiger partial charge in [-0.3, -0.25) is 0 Å². The first-order valence-corrected chi connectivity index (χ1v) is 4.14. The summed E-state index contributed by atoms with van der Waals surface area (Å²) < 4.78 is 0. The van der Waals surface area contributed by atoms with Crippen molar-refractivity contribution in [2.45, 2.75) is 0 Å². The van der Waals surface area contributed by atoms with Crippen molar-refractivity contribution in [3.63, 3.8) is 0 Å². The normalized spacial score (nSPS) is 11.6. The van der Waals surface area contributed by atoms with Gasteiger partial charge in [-0.05, 0) is 17.7 Å². The summed E-state index contributed by atoms with van der Waals surface area (Å²) in [5.74, 6) is -0.342. The van der Waals surface area contributed by atoms with E-state index >= 15 is 0 Å². The molecule has 0 amide bonds. The average Bonchev–Trinajstić information content (AvgIpc) is 2.16. The summed E-state index contributed by atoms with van der Waals surface area (Å²) in [6, 6.07) is 6.26. The van der Waals surface area contributed by atoms with Crippen molar-refractivity contribution < 1.29 is 10.1 Å². The quantitative estimate of drug-likeness (QED) is 0.283. The lowest BCUT2D eigenvalue weighted by molar-refractivity contribution is -0.525. The van der Waals surface area contributed by atoms with E-state index in [4.69, 9.17) is 10.8 Å². The minimum atomic E-state index is -0.845. The molecule has 8 nitrogen and oxygen atoms in total. The van der Waals surface area contributed by atoms with Crippen molar-refractivity contribution in [3.8, 4) is 5.75 Å². The molecule has 1 aromatic rings. The zero-order valence-corrected chi connectivity index (χ0v) is 8.07. The van der Waals surface area contributed by atoms with Crippen LogP contribution in [0.15, 0.2) is 34.5 Å². The summed E-state index contributed by atoms with van der Waals surface area (Å²) in [5, 5.41) is 25.0. The van der Waals surface area contributed by atoms with Crippen LogP contribution in [-0.4, -0.2) is 22.3 Å². The molecule has 8 heteroatoms. The molecule has 1 rings (SSSR count). The zero-order valence-electron chi connectivity index (χ0n) is 8.07. The van der Waals surface area contributed by atoms with Gasteiger partial charge in [-0.25, -0.2) is 10.1 Å². The van der Waals surface area contributed by atoms with Crippen LogP contribution in [0.5, 0.6) is 5.75 Å². The summed E-state index contributed by atoms with van der Waals surface area (Å²) in [4.78, 5) is 9.94. The van der Waals surface area contributed by atoms with Crippen molar-refractivity contribution in [3.05, 3.63) is 39.9 Å². The molecule has 0 aliphatic rings. The third-order valence-corrected chi connectivity index (χ3v) is 1.45. The molecule has 0 saturated heterocycles. The fraction of sp³-hybridized carbons (Fsp3) is 0. The number of hydrazine groups is 1. The minimum absolute atomic E-state index is 0.0873. The number of rotatable bonds is 3. The monoisotopic (exact) mass is 223 g/mol. The molecule has 0 fully saturated rings. The van der Waals surface area contributed by atoms with E-state index in [-0.39, 0.29) is 5.75 Å². The van der Waals surface area contributed by atoms with E-state index in [1.165, 1.54) is 18.3 Å². The molecule has 0 bridgehead atoms. The standard InChI is InChI=1S/C8H9N5O3/c9-8(12-13(15)16)11-10-5-6-2-1-3-7(14)4-6/h1-5,14H,(H3,9,11,12). The highest BCUT2D eigenvalue weighted by molar-refractivity contribution is 5.82. The molecule has 0 aromatic heterocycles. The van der Waals surface area contributed by atoms with Gasteiger partial charge in [0.05, 0.1) is 6.21 Å². The second-order valence-electron chi connectivity index (χ2n) is 2.69. The number of hydrogen-bond acceptors (Lipinski definition) is 5. The Morgan fingerprint density at radius 2 is 2.38 bits per heavy atom. The number of nitrogens with zero attached hydrogens (tertiary/aromatic N) is 3. The second-order valence-corrected chi connectivity index (χ2v) is 2.69. The highest BCUT2D eigenvalue weighted by Crippen LogP contribution is 2.08. The molecule has 1 aromatic carbocycles. The SMILES string of the molecule is NC(=NN=Cc1cccc(O)c1)N[N+](=O)[O-]. The number of hydrogen-bond donors (Lipinski definition) is 3. The molecular weight excluding hydrogens is 214 g/mol. The molecule has 0 aliphatic heterocycles. The summed E-state index contributed by atoms with van der Waals surface area (Å²) in [6.45, 7) is 0. The molecule has 4 N–H and O–H groups in total. The first-order valence-electron chi connectivity index (χ1n) is 4.14. The van der Waals surface area contributed by atoms with E-state index in [9.17, 15) is 10.1 Å². The van der Waals surface area contributed by atoms with E-state index in [1.807, 2.05) is 0 Å². The summed E-state index contributed by atoms with van der Waals surface area (Å²) in [6.07, 6.45) is 1.30. The summed E-state index contributed by atoms with van der Waals surface area (Å²) in [5.41, 5.74) is 7.33. The lowest BCUT2D eigenvalue weighted by Gasteiger charge is -1.93. The van der Waals surface area contributed by atoms with Crippen LogP contribution < -0.4 is 11.2 Å². The fourth-order valence-corrected chi connectivity index (χ4v) is 0.879. The van der Waals surface area contributed by atoms with Crippen LogP contribution in [0.2, 0.25) is 0 Å². The zero-order chi connectivity index (χ0) is 12.0. The number of guanidine groups is 1. The third kappa shape index (κ3) is 4.05. The molecule has 16 heavy (non-hydrogen) atoms. The number of nitrogens with two attached hydrogens (primary N) is 1. The van der Waals surface area contributed by atoms with E-state index in [2.05, 4.69) is 10.2 Å². The van der Waals surface area contributed by atoms with Gasteiger partial charge in [-0.15, -0.1) is 5.10 Å². The Bertz CT molecular complexity index is 443. The smallest absolute Gasteiger partial charge is 0.275 e. The Kier molecular flexibility index (Phi) is 3.78. The van der Waals surface area contributed by atoms with Crippen LogP contribution in [0.4, 0.5) is 0 Å². The van der Waals surface area contributed by atoms with Crippen LogP contribution in [0.25, 0.3) is 0 Å². The molecule has 0 atom stereocenters. The van der Waals surface area contributed by atoms with Crippen LogP contribution in [0.3, 0.4) is 0 Å². The van der Waals surface area contributed by atoms with Crippen LogP contribution in [0.1, 0.15) is 5.56 Å². The number of phenols is 1. The third-order valence-electron chi connectivity index (χ3n) is 1.45. The Morgan fingerprint density at radius 1 is 1.62 bits per heavy atom. The number of benzene rings is 1. The van der Waals surface area contributed by atoms with Crippen LogP contribution in [-0.2, 0) is 0 Å². The first-order chi connectivity index (χ1) is 7.58. The predicted molar refractivity (Wildman–Crippen MR) is 57.5 cm³/mol. The largest absolute Gasteiger partial charge is 0.508 e. The highest BCUT2D eigenvalue weighted by Gasteiger charge is 1.96. The summed E-state index contributed by atoms with van der Waals surface area (Å²) >= 11 is 0. The molecular formula is C8H9N5O3. The Morgan fingerprint density at radius 3 is 3.00 bits per heavy atom. The average molecular weight is 223 g/mol. The topological polar surface area (TPSA) is 126 Å². The van der Waals surface area contributed by atoms with Gasteiger partial charge < -0.3 is 10.8 Å². The number of phenolic OH excluding ortho intramolecular Hbond substituents is 1. The maximum Gasteiger partial charge on any atom is 0.275 e. The van der Waals surface area contributed by atoms with Crippen molar-refractivity contribution >= 4 is 12.2 Å². The predicted octanol–water partition coefficient (Wildman–Crippen LogP) is -0.178. The van der Waals surface area contributed by atoms with Crippen LogP contribution >= 0.6 is 0 Å². The van der Waals surface area contributed by atoms with E-state index in [0.29, 0.717) is 5.56 Å². The number of aromatic hydroxyl groups is 1. The van der Waals surface area contributed by atoms with Gasteiger partial charge in [0.15, 0.2) is 5.03 Å². The highest BCUT2D eigenvalue weighted by atomic mass is 16.7. The molecule has 0 radical (unpaired) electrons. The van der Waals surface area contributed by atoms with Crippen molar-refractivity contribution in [1.82, 2.24) is 5.43 Å². The van der Waals surface area contributed by atoms with Gasteiger partial charge in [0, 0.05) is 0 Å². The molecule has 84 valence electrons. The second kappa shape index (κ2) is 5.29. The number of nitro groups is 1. The van der Waals surface area contributed by atoms with Crippen molar-refractivity contribution in [1.29, 1.82) is 0 Å². The number of nitrogens with one attached hydrogen (secondary N) is 1. The Hall–Kier alpha value is -2.64. The van der Waals surface area contributed by atoms with E-state index in [0.717, 1.165) is 0 Å². The fourth-order valence-electron chi connectivity index (χ4n) is 0.879. The maximum absolute atomic E-state index is 9.94. The molecule has 0 saturated carbocycles. The van der Waals surface area contributed by atoms with Crippen molar-refractivity contribution in [2.24, 2.45) is 15.9 Å². The lowest BCUT2D eigenvalue weighted by atomic mass is 10.2. The Labute approximate surface area is 90.2 Å². The van der Waals surface area contributed by atoms with E-state index < -0.39 is 11.0 Å². The minimum Gasteiger partial charge on any atom is -0.508 e. The molecule has 0 spiro atoms. The Balaban J connectivity index is 2.64. The van der Waals surface area contributed by atoms with Crippen LogP contribution in [0, 0.1) is 10.1 Å². The first kappa shape index (κ1) is 11.4. The lowest BCUT2D eigenvalue weighted by Crippen LogP contribution is -2.35. The van der Waals surface area contributed by atoms with Crippen molar-refractivity contribution in [2.75, 3.05) is 0 Å². The summed E-state index contributed by atoms with van der Waals surface area (Å²) in [7, 11) is 0. The van der Waals surface area contributed by atoms with Gasteiger partial charge in [0.25, 0.3) is 5.96 Å². The van der Waals surface area contributed by atoms with Gasteiger partial charge in [0.1, 0.15) is 5.75 Å².